The van der Waals surface area contributed by atoms with Crippen LogP contribution >= 0.6 is 0 Å². The first kappa shape index (κ1) is 28.9. The van der Waals surface area contributed by atoms with Gasteiger partial charge in [-0.05, 0) is 18.8 Å². The summed E-state index contributed by atoms with van der Waals surface area (Å²) in [4.78, 5) is 0. The van der Waals surface area contributed by atoms with Crippen molar-refractivity contribution in [3.8, 4) is 0 Å². The number of quaternary nitrogens is 1. The molecule has 2 heteroatoms. The van der Waals surface area contributed by atoms with Gasteiger partial charge in [0.2, 0.25) is 0 Å². The summed E-state index contributed by atoms with van der Waals surface area (Å²) in [7, 11) is 0. The molecule has 0 heterocycles. The van der Waals surface area contributed by atoms with Gasteiger partial charge >= 0.3 is 0 Å². The molecule has 0 aliphatic rings. The summed E-state index contributed by atoms with van der Waals surface area (Å²) in [6, 6.07) is 0. The van der Waals surface area contributed by atoms with Gasteiger partial charge in [0.25, 0.3) is 0 Å². The van der Waals surface area contributed by atoms with Crippen LogP contribution < -0.4 is 5.73 Å². The van der Waals surface area contributed by atoms with Gasteiger partial charge in [-0.3, -0.25) is 0 Å². The van der Waals surface area contributed by atoms with Gasteiger partial charge in [-0.2, -0.15) is 0 Å². The molecular weight excluding hydrogens is 354 g/mol. The van der Waals surface area contributed by atoms with E-state index in [0.717, 1.165) is 32.1 Å². The van der Waals surface area contributed by atoms with Crippen molar-refractivity contribution in [1.29, 1.82) is 0 Å². The van der Waals surface area contributed by atoms with Crippen molar-refractivity contribution in [2.75, 3.05) is 19.8 Å². The molecule has 0 aromatic heterocycles. The summed E-state index contributed by atoms with van der Waals surface area (Å²) in [5.41, 5.74) is 3.92. The lowest BCUT2D eigenvalue weighted by atomic mass is 9.94. The Hall–Kier alpha value is -0.0800. The monoisotopic (exact) mass is 412 g/mol. The van der Waals surface area contributed by atoms with Crippen LogP contribution in [0, 0.1) is 5.92 Å². The molecule has 0 spiro atoms. The molecule has 2 nitrogen and oxygen atoms in total. The summed E-state index contributed by atoms with van der Waals surface area (Å²) in [5, 5.41) is 0. The Kier molecular flexibility index (Phi) is 25.9. The first-order valence-corrected chi connectivity index (χ1v) is 13.7. The highest BCUT2D eigenvalue weighted by molar-refractivity contribution is 4.61. The van der Waals surface area contributed by atoms with Crippen LogP contribution in [0.25, 0.3) is 0 Å². The smallest absolute Gasteiger partial charge is 0.0762 e. The molecule has 1 atom stereocenters. The lowest BCUT2D eigenvalue weighted by Crippen LogP contribution is -2.50. The second-order valence-electron chi connectivity index (χ2n) is 9.38. The van der Waals surface area contributed by atoms with Gasteiger partial charge < -0.3 is 10.5 Å². The molecule has 0 rings (SSSR count). The molecule has 176 valence electrons. The average molecular weight is 413 g/mol. The third-order valence-electron chi connectivity index (χ3n) is 6.32. The van der Waals surface area contributed by atoms with Crippen LogP contribution in [-0.2, 0) is 4.74 Å². The molecule has 1 unspecified atom stereocenters. The predicted octanol–water partition coefficient (Wildman–Crippen LogP) is 8.09. The van der Waals surface area contributed by atoms with Crippen molar-refractivity contribution in [3.63, 3.8) is 0 Å². The zero-order valence-electron chi connectivity index (χ0n) is 20.7. The Balaban J connectivity index is 3.68. The van der Waals surface area contributed by atoms with E-state index < -0.39 is 0 Å². The summed E-state index contributed by atoms with van der Waals surface area (Å²) >= 11 is 0. The Morgan fingerprint density at radius 3 is 1.28 bits per heavy atom. The summed E-state index contributed by atoms with van der Waals surface area (Å²) < 4.78 is 5.96. The highest BCUT2D eigenvalue weighted by atomic mass is 16.5. The third-order valence-corrected chi connectivity index (χ3v) is 6.32. The minimum absolute atomic E-state index is 0.800. The van der Waals surface area contributed by atoms with E-state index in [0.29, 0.717) is 0 Å². The Bertz CT molecular complexity index is 282. The van der Waals surface area contributed by atoms with Crippen LogP contribution in [0.5, 0.6) is 0 Å². The quantitative estimate of drug-likeness (QED) is 0.151. The number of rotatable bonds is 25. The molecular formula is C27H58NO+. The Labute approximate surface area is 185 Å². The van der Waals surface area contributed by atoms with Crippen LogP contribution in [0.2, 0.25) is 0 Å². The van der Waals surface area contributed by atoms with Crippen molar-refractivity contribution in [1.82, 2.24) is 0 Å². The van der Waals surface area contributed by atoms with E-state index in [4.69, 9.17) is 4.74 Å². The Morgan fingerprint density at radius 2 is 0.897 bits per heavy atom. The molecule has 0 bridgehead atoms. The standard InChI is InChI=1S/C27H57NO/c1-3-5-7-9-11-13-14-16-18-20-23-27(26-29-25-21-24-28)22-19-17-15-12-10-8-6-4-2/h27H,3-26,28H2,1-2H3/p+1. The fourth-order valence-electron chi connectivity index (χ4n) is 4.25. The van der Waals surface area contributed by atoms with Gasteiger partial charge in [0.15, 0.2) is 0 Å². The number of hydrogen-bond donors (Lipinski definition) is 1. The molecule has 0 aromatic rings. The van der Waals surface area contributed by atoms with Gasteiger partial charge in [0.1, 0.15) is 0 Å². The zero-order valence-corrected chi connectivity index (χ0v) is 20.7. The SMILES string of the molecule is CCCCCCCCCCCCC(CCCCCCCCCC)COCCC[NH3+]. The molecule has 0 saturated carbocycles. The minimum atomic E-state index is 0.800. The van der Waals surface area contributed by atoms with Gasteiger partial charge in [0, 0.05) is 13.0 Å². The maximum Gasteiger partial charge on any atom is 0.0762 e. The van der Waals surface area contributed by atoms with Gasteiger partial charge in [-0.15, -0.1) is 0 Å². The van der Waals surface area contributed by atoms with Crippen LogP contribution in [0.3, 0.4) is 0 Å². The Morgan fingerprint density at radius 1 is 0.517 bits per heavy atom. The fourth-order valence-corrected chi connectivity index (χ4v) is 4.25. The number of ether oxygens (including phenoxy) is 1. The van der Waals surface area contributed by atoms with E-state index in [1.807, 2.05) is 0 Å². The average Bonchev–Trinajstić information content (AvgIpc) is 2.73. The molecule has 3 N–H and O–H groups in total. The van der Waals surface area contributed by atoms with Crippen LogP contribution in [-0.4, -0.2) is 19.8 Å². The van der Waals surface area contributed by atoms with Gasteiger partial charge in [0.05, 0.1) is 13.2 Å². The second kappa shape index (κ2) is 26.0. The van der Waals surface area contributed by atoms with Crippen molar-refractivity contribution in [2.24, 2.45) is 5.92 Å². The van der Waals surface area contributed by atoms with Gasteiger partial charge in [-0.1, -0.05) is 129 Å². The van der Waals surface area contributed by atoms with E-state index >= 15 is 0 Å². The normalized spacial score (nSPS) is 12.5. The molecule has 0 aliphatic heterocycles. The van der Waals surface area contributed by atoms with E-state index in [9.17, 15) is 0 Å². The minimum Gasteiger partial charge on any atom is -0.381 e. The van der Waals surface area contributed by atoms with Gasteiger partial charge in [-0.25, -0.2) is 0 Å². The summed E-state index contributed by atoms with van der Waals surface area (Å²) in [6.07, 6.45) is 29.6. The molecule has 0 amide bonds. The third kappa shape index (κ3) is 24.1. The lowest BCUT2D eigenvalue weighted by Gasteiger charge is -2.17. The van der Waals surface area contributed by atoms with Crippen LogP contribution in [0.1, 0.15) is 149 Å². The maximum absolute atomic E-state index is 5.96. The predicted molar refractivity (Wildman–Crippen MR) is 130 cm³/mol. The first-order chi connectivity index (χ1) is 14.3. The molecule has 0 saturated heterocycles. The van der Waals surface area contributed by atoms with Crippen LogP contribution in [0.4, 0.5) is 0 Å². The molecule has 29 heavy (non-hydrogen) atoms. The fraction of sp³-hybridized carbons (Fsp3) is 1.00. The summed E-state index contributed by atoms with van der Waals surface area (Å²) in [6.45, 7) is 7.51. The van der Waals surface area contributed by atoms with Crippen molar-refractivity contribution in [3.05, 3.63) is 0 Å². The topological polar surface area (TPSA) is 36.9 Å². The second-order valence-corrected chi connectivity index (χ2v) is 9.38. The van der Waals surface area contributed by atoms with E-state index in [1.165, 1.54) is 128 Å². The van der Waals surface area contributed by atoms with E-state index in [1.54, 1.807) is 0 Å². The first-order valence-electron chi connectivity index (χ1n) is 13.7. The van der Waals surface area contributed by atoms with Crippen molar-refractivity contribution >= 4 is 0 Å². The zero-order chi connectivity index (χ0) is 21.3. The maximum atomic E-state index is 5.96. The number of unbranched alkanes of at least 4 members (excludes halogenated alkanes) is 16. The van der Waals surface area contributed by atoms with E-state index in [2.05, 4.69) is 19.6 Å². The van der Waals surface area contributed by atoms with Crippen LogP contribution in [0.15, 0.2) is 0 Å². The molecule has 0 aromatic carbocycles. The molecule has 0 radical (unpaired) electrons. The molecule has 0 fully saturated rings. The number of hydrogen-bond acceptors (Lipinski definition) is 1. The molecule has 0 aliphatic carbocycles. The van der Waals surface area contributed by atoms with Crippen molar-refractivity contribution in [2.45, 2.75) is 149 Å². The lowest BCUT2D eigenvalue weighted by molar-refractivity contribution is -0.369. The summed E-state index contributed by atoms with van der Waals surface area (Å²) in [5.74, 6) is 0.800. The van der Waals surface area contributed by atoms with E-state index in [-0.39, 0.29) is 0 Å². The highest BCUT2D eigenvalue weighted by Gasteiger charge is 2.09. The highest BCUT2D eigenvalue weighted by Crippen LogP contribution is 2.20. The van der Waals surface area contributed by atoms with Crippen molar-refractivity contribution < 1.29 is 10.5 Å². The largest absolute Gasteiger partial charge is 0.381 e.